The zero-order valence-electron chi connectivity index (χ0n) is 8.33. The Hall–Kier alpha value is -1.36. The second kappa shape index (κ2) is 3.06. The standard InChI is InChI=1S/C10H13N3O2/c14-10(15)8-3-11-13(5-8)9-6-12-2-1-7(9)4-12/h3,5,7,9H,1-2,4,6H2,(H,14,15)/t7-,9?/m0/s1. The second-order valence-corrected chi connectivity index (χ2v) is 4.39. The van der Waals surface area contributed by atoms with Crippen LogP contribution in [0.5, 0.6) is 0 Å². The molecule has 5 heteroatoms. The quantitative estimate of drug-likeness (QED) is 0.765. The smallest absolute Gasteiger partial charge is 0.338 e. The van der Waals surface area contributed by atoms with E-state index in [2.05, 4.69) is 10.00 Å². The molecule has 0 saturated carbocycles. The molecule has 2 aliphatic rings. The van der Waals surface area contributed by atoms with Crippen LogP contribution in [0.15, 0.2) is 12.4 Å². The van der Waals surface area contributed by atoms with E-state index in [1.807, 2.05) is 4.68 Å². The Morgan fingerprint density at radius 2 is 2.40 bits per heavy atom. The minimum absolute atomic E-state index is 0.285. The van der Waals surface area contributed by atoms with Crippen LogP contribution < -0.4 is 0 Å². The summed E-state index contributed by atoms with van der Waals surface area (Å²) >= 11 is 0. The molecule has 0 amide bonds. The van der Waals surface area contributed by atoms with Gasteiger partial charge in [0, 0.05) is 19.3 Å². The fourth-order valence-electron chi connectivity index (χ4n) is 2.69. The van der Waals surface area contributed by atoms with Crippen molar-refractivity contribution in [1.29, 1.82) is 0 Å². The summed E-state index contributed by atoms with van der Waals surface area (Å²) in [6.07, 6.45) is 4.30. The van der Waals surface area contributed by atoms with Gasteiger partial charge in [0.1, 0.15) is 0 Å². The summed E-state index contributed by atoms with van der Waals surface area (Å²) in [6, 6.07) is 0.381. The van der Waals surface area contributed by atoms with Crippen LogP contribution in [0.4, 0.5) is 0 Å². The number of hydrogen-bond acceptors (Lipinski definition) is 3. The van der Waals surface area contributed by atoms with Gasteiger partial charge in [0.05, 0.1) is 17.8 Å². The van der Waals surface area contributed by atoms with E-state index in [1.165, 1.54) is 19.2 Å². The SMILES string of the molecule is O=C(O)c1cnn(C2CN3CC[C@H]2C3)c1. The third kappa shape index (κ3) is 1.34. The number of carboxylic acids is 1. The lowest BCUT2D eigenvalue weighted by Crippen LogP contribution is -2.26. The van der Waals surface area contributed by atoms with Gasteiger partial charge in [-0.3, -0.25) is 4.68 Å². The molecule has 1 N–H and O–H groups in total. The molecule has 1 aromatic rings. The van der Waals surface area contributed by atoms with E-state index in [1.54, 1.807) is 6.20 Å². The molecule has 2 fully saturated rings. The van der Waals surface area contributed by atoms with Gasteiger partial charge in [-0.25, -0.2) is 4.79 Å². The highest BCUT2D eigenvalue weighted by Gasteiger charge is 2.39. The first kappa shape index (κ1) is 8.91. The summed E-state index contributed by atoms with van der Waals surface area (Å²) in [4.78, 5) is 13.1. The Morgan fingerprint density at radius 1 is 1.53 bits per heavy atom. The summed E-state index contributed by atoms with van der Waals surface area (Å²) in [5, 5.41) is 13.0. The normalized spacial score (nSPS) is 33.5. The van der Waals surface area contributed by atoms with Gasteiger partial charge >= 0.3 is 5.97 Å². The molecule has 0 spiro atoms. The first-order valence-electron chi connectivity index (χ1n) is 5.24. The fraction of sp³-hybridized carbons (Fsp3) is 0.600. The molecule has 0 aliphatic carbocycles. The van der Waals surface area contributed by atoms with Gasteiger partial charge in [-0.05, 0) is 18.9 Å². The molecule has 2 unspecified atom stereocenters. The van der Waals surface area contributed by atoms with E-state index in [0.717, 1.165) is 13.1 Å². The van der Waals surface area contributed by atoms with Crippen LogP contribution >= 0.6 is 0 Å². The molecule has 2 aliphatic heterocycles. The van der Waals surface area contributed by atoms with Crippen molar-refractivity contribution >= 4 is 5.97 Å². The predicted molar refractivity (Wildman–Crippen MR) is 52.8 cm³/mol. The highest BCUT2D eigenvalue weighted by atomic mass is 16.4. The molecule has 3 heterocycles. The van der Waals surface area contributed by atoms with E-state index in [-0.39, 0.29) is 5.56 Å². The lowest BCUT2D eigenvalue weighted by Gasteiger charge is -2.22. The van der Waals surface area contributed by atoms with E-state index < -0.39 is 5.97 Å². The number of carboxylic acid groups (broad SMARTS) is 1. The van der Waals surface area contributed by atoms with Crippen LogP contribution in [-0.2, 0) is 0 Å². The van der Waals surface area contributed by atoms with Crippen LogP contribution in [0.2, 0.25) is 0 Å². The van der Waals surface area contributed by atoms with Crippen LogP contribution in [0.3, 0.4) is 0 Å². The molecule has 2 saturated heterocycles. The molecule has 0 aromatic carbocycles. The zero-order valence-corrected chi connectivity index (χ0v) is 8.33. The maximum Gasteiger partial charge on any atom is 0.338 e. The van der Waals surface area contributed by atoms with Gasteiger partial charge in [0.2, 0.25) is 0 Å². The summed E-state index contributed by atoms with van der Waals surface area (Å²) < 4.78 is 1.83. The monoisotopic (exact) mass is 207 g/mol. The lowest BCUT2D eigenvalue weighted by molar-refractivity contribution is 0.0696. The van der Waals surface area contributed by atoms with E-state index >= 15 is 0 Å². The van der Waals surface area contributed by atoms with E-state index in [4.69, 9.17) is 5.11 Å². The molecule has 3 rings (SSSR count). The van der Waals surface area contributed by atoms with Gasteiger partial charge < -0.3 is 10.0 Å². The zero-order chi connectivity index (χ0) is 10.4. The van der Waals surface area contributed by atoms with Crippen molar-refractivity contribution in [3.05, 3.63) is 18.0 Å². The summed E-state index contributed by atoms with van der Waals surface area (Å²) in [7, 11) is 0. The Morgan fingerprint density at radius 3 is 2.93 bits per heavy atom. The Labute approximate surface area is 87.3 Å². The van der Waals surface area contributed by atoms with Crippen LogP contribution in [0, 0.1) is 5.92 Å². The first-order valence-corrected chi connectivity index (χ1v) is 5.24. The molecule has 0 radical (unpaired) electrons. The van der Waals surface area contributed by atoms with Crippen molar-refractivity contribution in [2.75, 3.05) is 19.6 Å². The average Bonchev–Trinajstić information content (AvgIpc) is 2.93. The molecule has 80 valence electrons. The summed E-state index contributed by atoms with van der Waals surface area (Å²) in [5.74, 6) is -0.240. The van der Waals surface area contributed by atoms with Crippen molar-refractivity contribution in [2.24, 2.45) is 5.92 Å². The highest BCUT2D eigenvalue weighted by molar-refractivity contribution is 5.86. The fourth-order valence-corrected chi connectivity index (χ4v) is 2.69. The molecular formula is C10H13N3O2. The Balaban J connectivity index is 1.84. The van der Waals surface area contributed by atoms with E-state index in [0.29, 0.717) is 12.0 Å². The number of fused-ring (bicyclic) bond motifs is 2. The average molecular weight is 207 g/mol. The maximum absolute atomic E-state index is 10.7. The number of nitrogens with zero attached hydrogens (tertiary/aromatic N) is 3. The largest absolute Gasteiger partial charge is 0.478 e. The number of rotatable bonds is 2. The Bertz CT molecular complexity index is 401. The van der Waals surface area contributed by atoms with Gasteiger partial charge in [0.15, 0.2) is 0 Å². The summed E-state index contributed by atoms with van der Waals surface area (Å²) in [6.45, 7) is 3.35. The predicted octanol–water partition coefficient (Wildman–Crippen LogP) is 0.458. The molecular weight excluding hydrogens is 194 g/mol. The number of carbonyl (C=O) groups is 1. The molecule has 1 aromatic heterocycles. The van der Waals surface area contributed by atoms with Crippen molar-refractivity contribution in [1.82, 2.24) is 14.7 Å². The van der Waals surface area contributed by atoms with Crippen LogP contribution in [0.1, 0.15) is 22.8 Å². The third-order valence-corrected chi connectivity index (χ3v) is 3.49. The van der Waals surface area contributed by atoms with Crippen molar-refractivity contribution in [2.45, 2.75) is 12.5 Å². The van der Waals surface area contributed by atoms with Crippen LogP contribution in [-0.4, -0.2) is 45.4 Å². The van der Waals surface area contributed by atoms with Crippen molar-refractivity contribution in [3.63, 3.8) is 0 Å². The number of aromatic carboxylic acids is 1. The summed E-state index contributed by atoms with van der Waals surface area (Å²) in [5.41, 5.74) is 0.285. The number of piperidine rings is 1. The van der Waals surface area contributed by atoms with Crippen molar-refractivity contribution < 1.29 is 9.90 Å². The van der Waals surface area contributed by atoms with Gasteiger partial charge in [0.25, 0.3) is 0 Å². The molecule has 3 atom stereocenters. The van der Waals surface area contributed by atoms with E-state index in [9.17, 15) is 4.79 Å². The third-order valence-electron chi connectivity index (χ3n) is 3.49. The highest BCUT2D eigenvalue weighted by Crippen LogP contribution is 2.35. The second-order valence-electron chi connectivity index (χ2n) is 4.39. The lowest BCUT2D eigenvalue weighted by atomic mass is 10.0. The molecule has 5 nitrogen and oxygen atoms in total. The minimum Gasteiger partial charge on any atom is -0.478 e. The number of aromatic nitrogens is 2. The minimum atomic E-state index is -0.898. The number of hydrogen-bond donors (Lipinski definition) is 1. The topological polar surface area (TPSA) is 58.4 Å². The van der Waals surface area contributed by atoms with Crippen molar-refractivity contribution in [3.8, 4) is 0 Å². The Kier molecular flexibility index (Phi) is 1.82. The van der Waals surface area contributed by atoms with Gasteiger partial charge in [-0.1, -0.05) is 0 Å². The van der Waals surface area contributed by atoms with Gasteiger partial charge in [-0.2, -0.15) is 5.10 Å². The van der Waals surface area contributed by atoms with Crippen LogP contribution in [0.25, 0.3) is 0 Å². The first-order chi connectivity index (χ1) is 7.24. The maximum atomic E-state index is 10.7. The van der Waals surface area contributed by atoms with Gasteiger partial charge in [-0.15, -0.1) is 0 Å². The molecule has 2 bridgehead atoms. The molecule has 15 heavy (non-hydrogen) atoms.